The van der Waals surface area contributed by atoms with Crippen LogP contribution in [-0.2, 0) is 11.2 Å². The second-order valence-corrected chi connectivity index (χ2v) is 7.74. The summed E-state index contributed by atoms with van der Waals surface area (Å²) in [6.45, 7) is 0.937. The average Bonchev–Trinajstić information content (AvgIpc) is 3.29. The number of anilines is 1. The molecule has 3 aromatic rings. The molecule has 9 heteroatoms. The number of thiophene rings is 1. The van der Waals surface area contributed by atoms with Crippen LogP contribution in [0.4, 0.5) is 5.69 Å². The third-order valence-corrected chi connectivity index (χ3v) is 5.28. The molecule has 0 aliphatic carbocycles. The van der Waals surface area contributed by atoms with Crippen LogP contribution in [-0.4, -0.2) is 41.1 Å². The first-order valence-corrected chi connectivity index (χ1v) is 9.95. The van der Waals surface area contributed by atoms with E-state index >= 15 is 0 Å². The van der Waals surface area contributed by atoms with Gasteiger partial charge >= 0.3 is 0 Å². The van der Waals surface area contributed by atoms with Crippen molar-refractivity contribution in [2.75, 3.05) is 25.5 Å². The standard InChI is InChI=1S/C18H18Cl2N4O2S/c1-24(11-15(25)21-17-12(19)5-2-6-13(17)20)9-3-8-16-22-18(23-26-16)14-7-4-10-27-14/h2,4-7,10H,3,8-9,11H2,1H3,(H,21,25). The summed E-state index contributed by atoms with van der Waals surface area (Å²) in [4.78, 5) is 19.5. The number of aromatic nitrogens is 2. The first kappa shape index (κ1) is 19.8. The van der Waals surface area contributed by atoms with Crippen molar-refractivity contribution < 1.29 is 9.32 Å². The van der Waals surface area contributed by atoms with Crippen LogP contribution in [0.1, 0.15) is 12.3 Å². The molecule has 2 aromatic heterocycles. The van der Waals surface area contributed by atoms with Crippen molar-refractivity contribution in [2.45, 2.75) is 12.8 Å². The van der Waals surface area contributed by atoms with Gasteiger partial charge in [-0.2, -0.15) is 4.98 Å². The summed E-state index contributed by atoms with van der Waals surface area (Å²) < 4.78 is 5.28. The zero-order chi connectivity index (χ0) is 19.2. The SMILES string of the molecule is CN(CCCc1nc(-c2cccs2)no1)CC(=O)Nc1c(Cl)cccc1Cl. The Labute approximate surface area is 171 Å². The molecular weight excluding hydrogens is 407 g/mol. The normalized spacial score (nSPS) is 11.1. The van der Waals surface area contributed by atoms with Gasteiger partial charge in [0.2, 0.25) is 17.6 Å². The van der Waals surface area contributed by atoms with Gasteiger partial charge in [-0.3, -0.25) is 9.69 Å². The van der Waals surface area contributed by atoms with Crippen molar-refractivity contribution in [1.82, 2.24) is 15.0 Å². The molecule has 0 fully saturated rings. The minimum Gasteiger partial charge on any atom is -0.339 e. The number of halogens is 2. The average molecular weight is 425 g/mol. The molecule has 27 heavy (non-hydrogen) atoms. The van der Waals surface area contributed by atoms with Crippen LogP contribution in [0.15, 0.2) is 40.2 Å². The lowest BCUT2D eigenvalue weighted by atomic mass is 10.3. The highest BCUT2D eigenvalue weighted by atomic mass is 35.5. The molecule has 6 nitrogen and oxygen atoms in total. The monoisotopic (exact) mass is 424 g/mol. The van der Waals surface area contributed by atoms with Gasteiger partial charge in [0.05, 0.1) is 27.2 Å². The summed E-state index contributed by atoms with van der Waals surface area (Å²) >= 11 is 13.7. The highest BCUT2D eigenvalue weighted by molar-refractivity contribution is 7.13. The molecule has 0 aliphatic heterocycles. The number of carbonyl (C=O) groups excluding carboxylic acids is 1. The molecule has 0 spiro atoms. The topological polar surface area (TPSA) is 71.3 Å². The molecule has 0 unspecified atom stereocenters. The van der Waals surface area contributed by atoms with E-state index in [1.165, 1.54) is 0 Å². The van der Waals surface area contributed by atoms with Gasteiger partial charge in [-0.15, -0.1) is 11.3 Å². The first-order chi connectivity index (χ1) is 13.0. The van der Waals surface area contributed by atoms with Crippen molar-refractivity contribution in [3.63, 3.8) is 0 Å². The van der Waals surface area contributed by atoms with E-state index in [2.05, 4.69) is 15.5 Å². The maximum Gasteiger partial charge on any atom is 0.238 e. The number of amides is 1. The number of nitrogens with zero attached hydrogens (tertiary/aromatic N) is 3. The molecule has 1 aromatic carbocycles. The first-order valence-electron chi connectivity index (χ1n) is 8.32. The van der Waals surface area contributed by atoms with Crippen LogP contribution in [0.25, 0.3) is 10.7 Å². The molecule has 1 amide bonds. The van der Waals surface area contributed by atoms with Crippen LogP contribution < -0.4 is 5.32 Å². The highest BCUT2D eigenvalue weighted by Crippen LogP contribution is 2.29. The van der Waals surface area contributed by atoms with Crippen molar-refractivity contribution in [3.05, 3.63) is 51.6 Å². The Hall–Kier alpha value is -1.93. The zero-order valence-corrected chi connectivity index (χ0v) is 16.9. The zero-order valence-electron chi connectivity index (χ0n) is 14.6. The number of para-hydroxylation sites is 1. The molecule has 0 saturated carbocycles. The van der Waals surface area contributed by atoms with E-state index in [1.54, 1.807) is 29.5 Å². The summed E-state index contributed by atoms with van der Waals surface area (Å²) in [6.07, 6.45) is 1.45. The van der Waals surface area contributed by atoms with Gasteiger partial charge in [-0.25, -0.2) is 0 Å². The molecule has 0 radical (unpaired) electrons. The van der Waals surface area contributed by atoms with Crippen LogP contribution >= 0.6 is 34.5 Å². The number of nitrogens with one attached hydrogen (secondary N) is 1. The van der Waals surface area contributed by atoms with E-state index in [4.69, 9.17) is 27.7 Å². The van der Waals surface area contributed by atoms with E-state index < -0.39 is 0 Å². The summed E-state index contributed by atoms with van der Waals surface area (Å²) in [7, 11) is 1.87. The van der Waals surface area contributed by atoms with Crippen molar-refractivity contribution in [1.29, 1.82) is 0 Å². The molecule has 0 atom stereocenters. The number of benzene rings is 1. The number of hydrogen-bond donors (Lipinski definition) is 1. The summed E-state index contributed by atoms with van der Waals surface area (Å²) in [5, 5.41) is 9.54. The molecule has 0 bridgehead atoms. The van der Waals surface area contributed by atoms with E-state index in [1.807, 2.05) is 29.5 Å². The van der Waals surface area contributed by atoms with Crippen LogP contribution in [0.2, 0.25) is 10.0 Å². The predicted octanol–water partition coefficient (Wildman–Crippen LogP) is 4.61. The number of rotatable bonds is 8. The maximum absolute atomic E-state index is 12.2. The second kappa shape index (κ2) is 9.32. The predicted molar refractivity (Wildman–Crippen MR) is 109 cm³/mol. The Kier molecular flexibility index (Phi) is 6.84. The van der Waals surface area contributed by atoms with Crippen LogP contribution in [0, 0.1) is 0 Å². The van der Waals surface area contributed by atoms with Crippen molar-refractivity contribution in [2.24, 2.45) is 0 Å². The lowest BCUT2D eigenvalue weighted by Gasteiger charge is -2.16. The third-order valence-electron chi connectivity index (χ3n) is 3.78. The Morgan fingerprint density at radius 1 is 1.26 bits per heavy atom. The molecule has 3 rings (SSSR count). The lowest BCUT2D eigenvalue weighted by molar-refractivity contribution is -0.117. The van der Waals surface area contributed by atoms with Gasteiger partial charge in [0.15, 0.2) is 0 Å². The molecule has 0 saturated heterocycles. The Bertz CT molecular complexity index is 878. The minimum absolute atomic E-state index is 0.176. The van der Waals surface area contributed by atoms with Crippen molar-refractivity contribution in [3.8, 4) is 10.7 Å². The van der Waals surface area contributed by atoms with E-state index in [0.29, 0.717) is 40.4 Å². The van der Waals surface area contributed by atoms with Crippen LogP contribution in [0.5, 0.6) is 0 Å². The quantitative estimate of drug-likeness (QED) is 0.571. The van der Waals surface area contributed by atoms with Gasteiger partial charge in [-0.05, 0) is 43.6 Å². The fourth-order valence-electron chi connectivity index (χ4n) is 2.48. The van der Waals surface area contributed by atoms with E-state index in [-0.39, 0.29) is 12.5 Å². The smallest absolute Gasteiger partial charge is 0.238 e. The van der Waals surface area contributed by atoms with E-state index in [9.17, 15) is 4.79 Å². The fraction of sp³-hybridized carbons (Fsp3) is 0.278. The Morgan fingerprint density at radius 2 is 2.04 bits per heavy atom. The summed E-state index contributed by atoms with van der Waals surface area (Å²) in [5.74, 6) is 1.04. The molecule has 2 heterocycles. The van der Waals surface area contributed by atoms with Gasteiger partial charge < -0.3 is 9.84 Å². The number of likely N-dealkylation sites (N-methyl/N-ethyl adjacent to an activating group) is 1. The Balaban J connectivity index is 1.43. The van der Waals surface area contributed by atoms with Gasteiger partial charge in [0, 0.05) is 6.42 Å². The van der Waals surface area contributed by atoms with Gasteiger partial charge in [-0.1, -0.05) is 40.5 Å². The molecule has 1 N–H and O–H groups in total. The molecule has 142 valence electrons. The highest BCUT2D eigenvalue weighted by Gasteiger charge is 2.13. The van der Waals surface area contributed by atoms with E-state index in [0.717, 1.165) is 11.3 Å². The fourth-order valence-corrected chi connectivity index (χ4v) is 3.62. The second-order valence-electron chi connectivity index (χ2n) is 5.98. The number of aryl methyl sites for hydroxylation is 1. The molecule has 0 aliphatic rings. The summed E-state index contributed by atoms with van der Waals surface area (Å²) in [6, 6.07) is 9.00. The largest absolute Gasteiger partial charge is 0.339 e. The van der Waals surface area contributed by atoms with Crippen molar-refractivity contribution >= 4 is 46.1 Å². The van der Waals surface area contributed by atoms with Crippen LogP contribution in [0.3, 0.4) is 0 Å². The lowest BCUT2D eigenvalue weighted by Crippen LogP contribution is -2.31. The summed E-state index contributed by atoms with van der Waals surface area (Å²) in [5.41, 5.74) is 0.436. The number of carbonyl (C=O) groups is 1. The number of hydrogen-bond acceptors (Lipinski definition) is 6. The van der Waals surface area contributed by atoms with Gasteiger partial charge in [0.1, 0.15) is 0 Å². The minimum atomic E-state index is -0.176. The Morgan fingerprint density at radius 3 is 2.74 bits per heavy atom. The third kappa shape index (κ3) is 5.52. The maximum atomic E-state index is 12.2. The molecular formula is C18H18Cl2N4O2S. The van der Waals surface area contributed by atoms with Gasteiger partial charge in [0.25, 0.3) is 0 Å².